The van der Waals surface area contributed by atoms with Crippen LogP contribution < -0.4 is 0 Å². The molecule has 1 fully saturated rings. The van der Waals surface area contributed by atoms with E-state index in [4.69, 9.17) is 4.74 Å². The summed E-state index contributed by atoms with van der Waals surface area (Å²) in [5.41, 5.74) is 2.33. The molecule has 2 aliphatic rings. The van der Waals surface area contributed by atoms with Crippen molar-refractivity contribution in [2.24, 2.45) is 5.41 Å². The van der Waals surface area contributed by atoms with Gasteiger partial charge in [-0.1, -0.05) is 15.9 Å². The van der Waals surface area contributed by atoms with Gasteiger partial charge >= 0.3 is 6.09 Å². The zero-order chi connectivity index (χ0) is 17.6. The number of ether oxygens (including phenoxy) is 1. The second kappa shape index (κ2) is 6.61. The van der Waals surface area contributed by atoms with Gasteiger partial charge in [-0.2, -0.15) is 5.10 Å². The summed E-state index contributed by atoms with van der Waals surface area (Å²) in [6.45, 7) is 5.37. The molecule has 134 valence electrons. The van der Waals surface area contributed by atoms with Crippen molar-refractivity contribution in [2.75, 3.05) is 20.2 Å². The summed E-state index contributed by atoms with van der Waals surface area (Å²) in [7, 11) is 1.74. The molecule has 0 bridgehead atoms. The van der Waals surface area contributed by atoms with Crippen molar-refractivity contribution < 1.29 is 14.6 Å². The maximum atomic E-state index is 11.2. The fourth-order valence-electron chi connectivity index (χ4n) is 4.05. The van der Waals surface area contributed by atoms with Crippen LogP contribution >= 0.6 is 31.9 Å². The molecule has 1 aromatic rings. The molecule has 0 radical (unpaired) electrons. The summed E-state index contributed by atoms with van der Waals surface area (Å²) in [4.78, 5) is 12.9. The second-order valence-corrected chi connectivity index (χ2v) is 8.80. The van der Waals surface area contributed by atoms with E-state index in [2.05, 4.69) is 50.8 Å². The molecule has 1 saturated heterocycles. The van der Waals surface area contributed by atoms with E-state index in [9.17, 15) is 9.90 Å². The van der Waals surface area contributed by atoms with Crippen molar-refractivity contribution in [3.8, 4) is 0 Å². The van der Waals surface area contributed by atoms with Crippen molar-refractivity contribution >= 4 is 38.0 Å². The molecule has 0 saturated carbocycles. The Morgan fingerprint density at radius 3 is 2.54 bits per heavy atom. The van der Waals surface area contributed by atoms with Crippen LogP contribution in [0.3, 0.4) is 0 Å². The first-order valence-electron chi connectivity index (χ1n) is 8.22. The maximum absolute atomic E-state index is 11.2. The van der Waals surface area contributed by atoms with Crippen LogP contribution in [0.5, 0.6) is 0 Å². The third-order valence-electron chi connectivity index (χ3n) is 5.42. The molecule has 3 rings (SSSR count). The highest BCUT2D eigenvalue weighted by atomic mass is 79.9. The number of likely N-dealkylation sites (tertiary alicyclic amines) is 1. The van der Waals surface area contributed by atoms with Gasteiger partial charge in [-0.25, -0.2) is 4.79 Å². The number of amides is 1. The van der Waals surface area contributed by atoms with Gasteiger partial charge in [0.05, 0.1) is 10.5 Å². The first-order valence-corrected chi connectivity index (χ1v) is 9.93. The van der Waals surface area contributed by atoms with E-state index < -0.39 is 6.09 Å². The van der Waals surface area contributed by atoms with Gasteiger partial charge in [0.15, 0.2) is 0 Å². The highest BCUT2D eigenvalue weighted by molar-refractivity contribution is 9.10. The molecule has 2 heterocycles. The molecule has 0 aromatic carbocycles. The summed E-state index contributed by atoms with van der Waals surface area (Å²) in [6.07, 6.45) is 1.62. The van der Waals surface area contributed by atoms with Gasteiger partial charge < -0.3 is 14.7 Å². The number of piperidine rings is 1. The lowest BCUT2D eigenvalue weighted by Crippen LogP contribution is -2.51. The van der Waals surface area contributed by atoms with Crippen LogP contribution in [0.2, 0.25) is 0 Å². The van der Waals surface area contributed by atoms with E-state index in [-0.39, 0.29) is 22.4 Å². The molecule has 1 aliphatic heterocycles. The highest BCUT2D eigenvalue weighted by Gasteiger charge is 2.51. The van der Waals surface area contributed by atoms with Gasteiger partial charge in [0.25, 0.3) is 0 Å². The first-order chi connectivity index (χ1) is 11.3. The van der Waals surface area contributed by atoms with Crippen molar-refractivity contribution in [1.82, 2.24) is 14.7 Å². The summed E-state index contributed by atoms with van der Waals surface area (Å²) in [5, 5.41) is 13.9. The average Bonchev–Trinajstić information content (AvgIpc) is 2.86. The fraction of sp³-hybridized carbons (Fsp3) is 0.750. The smallest absolute Gasteiger partial charge is 0.407 e. The molecule has 2 unspecified atom stereocenters. The lowest BCUT2D eigenvalue weighted by Gasteiger charge is -2.49. The number of methoxy groups -OCH3 is 1. The van der Waals surface area contributed by atoms with Crippen LogP contribution in [0.15, 0.2) is 4.60 Å². The summed E-state index contributed by atoms with van der Waals surface area (Å²) in [6, 6.07) is 0.255. The van der Waals surface area contributed by atoms with Crippen molar-refractivity contribution in [3.05, 3.63) is 15.9 Å². The Hall–Kier alpha value is -0.600. The molecule has 1 aliphatic carbocycles. The quantitative estimate of drug-likeness (QED) is 0.671. The zero-order valence-electron chi connectivity index (χ0n) is 14.1. The largest absolute Gasteiger partial charge is 0.465 e. The third-order valence-corrected chi connectivity index (χ3v) is 7.51. The zero-order valence-corrected chi connectivity index (χ0v) is 17.3. The SMILES string of the molecule is COC1c2c(c(Br)nn2C(C)C)CC2(CCN(C(=O)O)CC2)C1Br. The fourth-order valence-corrected chi connectivity index (χ4v) is 5.65. The third kappa shape index (κ3) is 2.80. The minimum atomic E-state index is -0.829. The predicted octanol–water partition coefficient (Wildman–Crippen LogP) is 3.99. The van der Waals surface area contributed by atoms with Gasteiger partial charge in [0.2, 0.25) is 0 Å². The number of halogens is 2. The second-order valence-electron chi connectivity index (χ2n) is 7.06. The van der Waals surface area contributed by atoms with Crippen LogP contribution in [0, 0.1) is 5.41 Å². The molecule has 1 aromatic heterocycles. The predicted molar refractivity (Wildman–Crippen MR) is 97.7 cm³/mol. The number of hydrogen-bond acceptors (Lipinski definition) is 3. The van der Waals surface area contributed by atoms with Gasteiger partial charge in [-0.3, -0.25) is 4.68 Å². The van der Waals surface area contributed by atoms with Crippen molar-refractivity contribution in [2.45, 2.75) is 50.1 Å². The standard InChI is InChI=1S/C16H23Br2N3O3/c1-9(2)21-11-10(14(18)19-21)8-16(13(17)12(11)24-3)4-6-20(7-5-16)15(22)23/h9,12-13H,4-8H2,1-3H3,(H,22,23). The molecular weight excluding hydrogens is 442 g/mol. The van der Waals surface area contributed by atoms with E-state index in [1.165, 1.54) is 10.5 Å². The molecule has 8 heteroatoms. The molecule has 1 spiro atoms. The summed E-state index contributed by atoms with van der Waals surface area (Å²) < 4.78 is 8.80. The Balaban J connectivity index is 1.98. The van der Waals surface area contributed by atoms with Crippen molar-refractivity contribution in [1.29, 1.82) is 0 Å². The Kier molecular flexibility index (Phi) is 5.01. The summed E-state index contributed by atoms with van der Waals surface area (Å²) in [5.74, 6) is 0. The number of rotatable bonds is 2. The first kappa shape index (κ1) is 18.2. The van der Waals surface area contributed by atoms with Crippen LogP contribution in [0.4, 0.5) is 4.79 Å². The van der Waals surface area contributed by atoms with Gasteiger partial charge in [-0.15, -0.1) is 0 Å². The number of carboxylic acid groups (broad SMARTS) is 1. The Labute approximate surface area is 158 Å². The number of hydrogen-bond donors (Lipinski definition) is 1. The van der Waals surface area contributed by atoms with E-state index in [0.717, 1.165) is 29.6 Å². The van der Waals surface area contributed by atoms with E-state index in [0.29, 0.717) is 13.1 Å². The summed E-state index contributed by atoms with van der Waals surface area (Å²) >= 11 is 7.53. The van der Waals surface area contributed by atoms with Crippen LogP contribution in [0.1, 0.15) is 50.1 Å². The minimum Gasteiger partial charge on any atom is -0.465 e. The lowest BCUT2D eigenvalue weighted by molar-refractivity contribution is 0.0122. The molecular formula is C16H23Br2N3O3. The number of carbonyl (C=O) groups is 1. The minimum absolute atomic E-state index is 0.00695. The Morgan fingerprint density at radius 2 is 2.04 bits per heavy atom. The van der Waals surface area contributed by atoms with Crippen LogP contribution in [0.25, 0.3) is 0 Å². The molecule has 1 N–H and O–H groups in total. The molecule has 6 nitrogen and oxygen atoms in total. The average molecular weight is 465 g/mol. The van der Waals surface area contributed by atoms with E-state index >= 15 is 0 Å². The Bertz CT molecular complexity index is 639. The lowest BCUT2D eigenvalue weighted by atomic mass is 9.66. The number of alkyl halides is 1. The number of aromatic nitrogens is 2. The van der Waals surface area contributed by atoms with Crippen LogP contribution in [-0.4, -0.2) is 50.9 Å². The van der Waals surface area contributed by atoms with Gasteiger partial charge in [0.1, 0.15) is 10.7 Å². The van der Waals surface area contributed by atoms with Crippen LogP contribution in [-0.2, 0) is 11.2 Å². The number of fused-ring (bicyclic) bond motifs is 1. The van der Waals surface area contributed by atoms with Gasteiger partial charge in [-0.05, 0) is 54.5 Å². The van der Waals surface area contributed by atoms with E-state index in [1.54, 1.807) is 7.11 Å². The Morgan fingerprint density at radius 1 is 1.42 bits per heavy atom. The normalized spacial score (nSPS) is 26.0. The maximum Gasteiger partial charge on any atom is 0.407 e. The molecule has 1 amide bonds. The van der Waals surface area contributed by atoms with Gasteiger partial charge in [0, 0.05) is 31.8 Å². The topological polar surface area (TPSA) is 67.6 Å². The highest BCUT2D eigenvalue weighted by Crippen LogP contribution is 2.53. The molecule has 24 heavy (non-hydrogen) atoms. The van der Waals surface area contributed by atoms with Crippen molar-refractivity contribution in [3.63, 3.8) is 0 Å². The monoisotopic (exact) mass is 463 g/mol. The number of nitrogens with zero attached hydrogens (tertiary/aromatic N) is 3. The molecule has 2 atom stereocenters. The van der Waals surface area contributed by atoms with E-state index in [1.807, 2.05) is 4.68 Å².